The molecule has 0 bridgehead atoms. The number of hydrogen-bond donors (Lipinski definition) is 0. The first-order chi connectivity index (χ1) is 11.7. The van der Waals surface area contributed by atoms with Crippen LogP contribution in [0.5, 0.6) is 5.75 Å². The van der Waals surface area contributed by atoms with Crippen LogP contribution in [0.4, 0.5) is 0 Å². The molecule has 0 aliphatic carbocycles. The molecule has 1 aliphatic rings. The van der Waals surface area contributed by atoms with Crippen molar-refractivity contribution in [2.24, 2.45) is 0 Å². The minimum atomic E-state index is 0.151. The van der Waals surface area contributed by atoms with Crippen molar-refractivity contribution in [2.75, 3.05) is 26.9 Å². The summed E-state index contributed by atoms with van der Waals surface area (Å²) in [6.07, 6.45) is 1.07. The highest BCUT2D eigenvalue weighted by Crippen LogP contribution is 2.25. The van der Waals surface area contributed by atoms with Crippen molar-refractivity contribution in [1.29, 1.82) is 0 Å². The first kappa shape index (κ1) is 16.6. The van der Waals surface area contributed by atoms with Gasteiger partial charge >= 0.3 is 0 Å². The lowest BCUT2D eigenvalue weighted by atomic mass is 10.1. The van der Waals surface area contributed by atoms with Crippen LogP contribution in [0, 0.1) is 0 Å². The molecule has 1 aliphatic heterocycles. The van der Waals surface area contributed by atoms with Gasteiger partial charge in [0.15, 0.2) is 0 Å². The molecule has 1 fully saturated rings. The standard InChI is InChI=1S/C19H23NO4/c1-14-13-23-12-11-20(14)19(21)10-8-17-7-9-18(24-17)15-3-5-16(22-2)6-4-15/h3-7,9,14H,8,10-13H2,1-2H3. The summed E-state index contributed by atoms with van der Waals surface area (Å²) < 4.78 is 16.4. The van der Waals surface area contributed by atoms with Gasteiger partial charge in [0.2, 0.25) is 5.91 Å². The molecule has 128 valence electrons. The van der Waals surface area contributed by atoms with E-state index in [0.29, 0.717) is 32.6 Å². The maximum absolute atomic E-state index is 12.3. The number of amides is 1. The Labute approximate surface area is 142 Å². The van der Waals surface area contributed by atoms with E-state index in [2.05, 4.69) is 0 Å². The number of hydrogen-bond acceptors (Lipinski definition) is 4. The number of carbonyl (C=O) groups is 1. The van der Waals surface area contributed by atoms with Crippen molar-refractivity contribution in [3.63, 3.8) is 0 Å². The van der Waals surface area contributed by atoms with Gasteiger partial charge in [-0.1, -0.05) is 0 Å². The molecule has 5 nitrogen and oxygen atoms in total. The van der Waals surface area contributed by atoms with Gasteiger partial charge in [0.05, 0.1) is 26.4 Å². The van der Waals surface area contributed by atoms with E-state index >= 15 is 0 Å². The number of nitrogens with zero attached hydrogens (tertiary/aromatic N) is 1. The first-order valence-electron chi connectivity index (χ1n) is 8.27. The van der Waals surface area contributed by atoms with E-state index in [-0.39, 0.29) is 11.9 Å². The third kappa shape index (κ3) is 3.79. The van der Waals surface area contributed by atoms with E-state index in [0.717, 1.165) is 22.8 Å². The highest BCUT2D eigenvalue weighted by Gasteiger charge is 2.23. The van der Waals surface area contributed by atoms with Gasteiger partial charge in [-0.3, -0.25) is 4.79 Å². The predicted molar refractivity (Wildman–Crippen MR) is 91.0 cm³/mol. The third-order valence-electron chi connectivity index (χ3n) is 4.31. The van der Waals surface area contributed by atoms with Gasteiger partial charge in [-0.05, 0) is 43.3 Å². The Bertz CT molecular complexity index is 677. The van der Waals surface area contributed by atoms with Crippen LogP contribution < -0.4 is 4.74 Å². The molecule has 2 aromatic rings. The normalized spacial score (nSPS) is 17.8. The lowest BCUT2D eigenvalue weighted by Gasteiger charge is -2.33. The van der Waals surface area contributed by atoms with Crippen LogP contribution in [0.15, 0.2) is 40.8 Å². The number of benzene rings is 1. The van der Waals surface area contributed by atoms with Crippen molar-refractivity contribution in [2.45, 2.75) is 25.8 Å². The van der Waals surface area contributed by atoms with Crippen LogP contribution in [0.25, 0.3) is 11.3 Å². The number of rotatable bonds is 5. The topological polar surface area (TPSA) is 51.9 Å². The van der Waals surface area contributed by atoms with Crippen molar-refractivity contribution in [1.82, 2.24) is 4.90 Å². The number of morpholine rings is 1. The Hall–Kier alpha value is -2.27. The second kappa shape index (κ2) is 7.53. The molecule has 24 heavy (non-hydrogen) atoms. The van der Waals surface area contributed by atoms with Crippen LogP contribution in [-0.4, -0.2) is 43.7 Å². The van der Waals surface area contributed by atoms with Gasteiger partial charge in [-0.2, -0.15) is 0 Å². The maximum Gasteiger partial charge on any atom is 0.223 e. The van der Waals surface area contributed by atoms with E-state index in [1.165, 1.54) is 0 Å². The SMILES string of the molecule is COc1ccc(-c2ccc(CCC(=O)N3CCOCC3C)o2)cc1. The molecule has 0 N–H and O–H groups in total. The second-order valence-corrected chi connectivity index (χ2v) is 6.01. The van der Waals surface area contributed by atoms with Crippen LogP contribution >= 0.6 is 0 Å². The van der Waals surface area contributed by atoms with E-state index in [9.17, 15) is 4.79 Å². The number of aryl methyl sites for hydroxylation is 1. The molecule has 1 atom stereocenters. The molecule has 1 amide bonds. The molecule has 0 saturated carbocycles. The molecular weight excluding hydrogens is 306 g/mol. The zero-order chi connectivity index (χ0) is 16.9. The summed E-state index contributed by atoms with van der Waals surface area (Å²) in [5, 5.41) is 0. The van der Waals surface area contributed by atoms with Crippen molar-refractivity contribution in [3.05, 3.63) is 42.2 Å². The lowest BCUT2D eigenvalue weighted by molar-refractivity contribution is -0.139. The molecule has 3 rings (SSSR count). The highest BCUT2D eigenvalue weighted by atomic mass is 16.5. The van der Waals surface area contributed by atoms with Crippen molar-refractivity contribution >= 4 is 5.91 Å². The average molecular weight is 329 g/mol. The quantitative estimate of drug-likeness (QED) is 0.846. The zero-order valence-electron chi connectivity index (χ0n) is 14.2. The van der Waals surface area contributed by atoms with Gasteiger partial charge < -0.3 is 18.8 Å². The predicted octanol–water partition coefficient (Wildman–Crippen LogP) is 3.14. The lowest BCUT2D eigenvalue weighted by Crippen LogP contribution is -2.47. The summed E-state index contributed by atoms with van der Waals surface area (Å²) in [5.74, 6) is 2.61. The van der Waals surface area contributed by atoms with Crippen LogP contribution in [-0.2, 0) is 16.0 Å². The molecule has 1 aromatic carbocycles. The number of carbonyl (C=O) groups excluding carboxylic acids is 1. The van der Waals surface area contributed by atoms with E-state index in [1.807, 2.05) is 48.2 Å². The summed E-state index contributed by atoms with van der Waals surface area (Å²) in [7, 11) is 1.65. The highest BCUT2D eigenvalue weighted by molar-refractivity contribution is 5.76. The number of ether oxygens (including phenoxy) is 2. The molecule has 1 saturated heterocycles. The molecule has 0 radical (unpaired) electrons. The van der Waals surface area contributed by atoms with Crippen molar-refractivity contribution in [3.8, 4) is 17.1 Å². The maximum atomic E-state index is 12.3. The Morgan fingerprint density at radius 3 is 2.75 bits per heavy atom. The average Bonchev–Trinajstić information content (AvgIpc) is 3.09. The fourth-order valence-corrected chi connectivity index (χ4v) is 2.89. The summed E-state index contributed by atoms with van der Waals surface area (Å²) in [6.45, 7) is 3.94. The van der Waals surface area contributed by atoms with E-state index < -0.39 is 0 Å². The van der Waals surface area contributed by atoms with E-state index in [1.54, 1.807) is 7.11 Å². The summed E-state index contributed by atoms with van der Waals surface area (Å²) in [6, 6.07) is 11.8. The second-order valence-electron chi connectivity index (χ2n) is 6.01. The number of methoxy groups -OCH3 is 1. The van der Waals surface area contributed by atoms with Gasteiger partial charge in [0.25, 0.3) is 0 Å². The van der Waals surface area contributed by atoms with Gasteiger partial charge in [-0.15, -0.1) is 0 Å². The van der Waals surface area contributed by atoms with Crippen LogP contribution in [0.1, 0.15) is 19.1 Å². The summed E-state index contributed by atoms with van der Waals surface area (Å²) in [4.78, 5) is 14.2. The monoisotopic (exact) mass is 329 g/mol. The Kier molecular flexibility index (Phi) is 5.20. The molecule has 2 heterocycles. The van der Waals surface area contributed by atoms with Crippen LogP contribution in [0.2, 0.25) is 0 Å². The summed E-state index contributed by atoms with van der Waals surface area (Å²) >= 11 is 0. The smallest absolute Gasteiger partial charge is 0.223 e. The van der Waals surface area contributed by atoms with Crippen molar-refractivity contribution < 1.29 is 18.7 Å². The Balaban J connectivity index is 1.58. The zero-order valence-corrected chi connectivity index (χ0v) is 14.2. The number of furan rings is 1. The molecule has 1 aromatic heterocycles. The minimum Gasteiger partial charge on any atom is -0.497 e. The molecule has 1 unspecified atom stereocenters. The molecule has 5 heteroatoms. The first-order valence-corrected chi connectivity index (χ1v) is 8.27. The third-order valence-corrected chi connectivity index (χ3v) is 4.31. The van der Waals surface area contributed by atoms with Gasteiger partial charge in [-0.25, -0.2) is 0 Å². The van der Waals surface area contributed by atoms with Crippen LogP contribution in [0.3, 0.4) is 0 Å². The summed E-state index contributed by atoms with van der Waals surface area (Å²) in [5.41, 5.74) is 0.996. The fourth-order valence-electron chi connectivity index (χ4n) is 2.89. The van der Waals surface area contributed by atoms with Gasteiger partial charge in [0.1, 0.15) is 17.3 Å². The molecule has 0 spiro atoms. The van der Waals surface area contributed by atoms with E-state index in [4.69, 9.17) is 13.9 Å². The largest absolute Gasteiger partial charge is 0.497 e. The van der Waals surface area contributed by atoms with Gasteiger partial charge in [0, 0.05) is 24.9 Å². The minimum absolute atomic E-state index is 0.151. The Morgan fingerprint density at radius 1 is 1.25 bits per heavy atom. The molecular formula is C19H23NO4. The Morgan fingerprint density at radius 2 is 2.04 bits per heavy atom. The fraction of sp³-hybridized carbons (Fsp3) is 0.421.